The van der Waals surface area contributed by atoms with E-state index < -0.39 is 10.2 Å². The lowest BCUT2D eigenvalue weighted by Gasteiger charge is -2.23. The SMILES string of the molecule is [NH]S(=O)(=O)N1CCNCC1. The van der Waals surface area contributed by atoms with Crippen LogP contribution in [0.3, 0.4) is 0 Å². The van der Waals surface area contributed by atoms with Crippen LogP contribution in [0.5, 0.6) is 0 Å². The van der Waals surface area contributed by atoms with Crippen molar-refractivity contribution in [1.82, 2.24) is 14.8 Å². The summed E-state index contributed by atoms with van der Waals surface area (Å²) in [6.07, 6.45) is 0. The quantitative estimate of drug-likeness (QED) is 0.508. The van der Waals surface area contributed by atoms with Crippen molar-refractivity contribution in [1.29, 1.82) is 0 Å². The third-order valence-corrected chi connectivity index (χ3v) is 2.46. The highest BCUT2D eigenvalue weighted by molar-refractivity contribution is 7.86. The Morgan fingerprint density at radius 1 is 1.30 bits per heavy atom. The Morgan fingerprint density at radius 3 is 2.10 bits per heavy atom. The molecule has 5 nitrogen and oxygen atoms in total. The molecule has 0 aromatic heterocycles. The smallest absolute Gasteiger partial charge is 0.293 e. The van der Waals surface area contributed by atoms with Crippen molar-refractivity contribution >= 4 is 10.2 Å². The first-order valence-electron chi connectivity index (χ1n) is 3.06. The number of piperazine rings is 1. The molecule has 2 N–H and O–H groups in total. The molecule has 1 radical (unpaired) electrons. The molecule has 0 unspecified atom stereocenters. The van der Waals surface area contributed by atoms with Crippen molar-refractivity contribution in [2.75, 3.05) is 26.2 Å². The minimum absolute atomic E-state index is 0.422. The molecule has 0 atom stereocenters. The minimum Gasteiger partial charge on any atom is -0.314 e. The lowest BCUT2D eigenvalue weighted by Crippen LogP contribution is -2.46. The Bertz CT molecular complexity index is 195. The fourth-order valence-corrected chi connectivity index (χ4v) is 1.55. The predicted molar refractivity (Wildman–Crippen MR) is 36.5 cm³/mol. The monoisotopic (exact) mass is 164 g/mol. The van der Waals surface area contributed by atoms with Crippen LogP contribution in [0.2, 0.25) is 0 Å². The van der Waals surface area contributed by atoms with Crippen LogP contribution < -0.4 is 10.5 Å². The molecule has 1 aliphatic rings. The summed E-state index contributed by atoms with van der Waals surface area (Å²) in [5.74, 6) is 0. The highest BCUT2D eigenvalue weighted by Crippen LogP contribution is 1.96. The van der Waals surface area contributed by atoms with E-state index in [0.717, 1.165) is 4.31 Å². The molecule has 1 aliphatic heterocycles. The molecule has 0 aromatic carbocycles. The van der Waals surface area contributed by atoms with Crippen molar-refractivity contribution in [3.05, 3.63) is 0 Å². The van der Waals surface area contributed by atoms with Crippen LogP contribution in [-0.2, 0) is 10.2 Å². The zero-order valence-corrected chi connectivity index (χ0v) is 6.32. The van der Waals surface area contributed by atoms with Gasteiger partial charge in [-0.3, -0.25) is 0 Å². The van der Waals surface area contributed by atoms with Gasteiger partial charge in [0, 0.05) is 26.2 Å². The first-order valence-corrected chi connectivity index (χ1v) is 4.50. The van der Waals surface area contributed by atoms with Crippen LogP contribution in [0, 0.1) is 0 Å². The molecule has 10 heavy (non-hydrogen) atoms. The van der Waals surface area contributed by atoms with Crippen LogP contribution in [0.1, 0.15) is 0 Å². The summed E-state index contributed by atoms with van der Waals surface area (Å²) in [6, 6.07) is 0. The highest BCUT2D eigenvalue weighted by atomic mass is 32.2. The predicted octanol–water partition coefficient (Wildman–Crippen LogP) is -1.58. The molecule has 0 bridgehead atoms. The van der Waals surface area contributed by atoms with Gasteiger partial charge in [-0.2, -0.15) is 12.7 Å². The molecule has 0 spiro atoms. The number of nitrogens with one attached hydrogen (secondary N) is 2. The van der Waals surface area contributed by atoms with Gasteiger partial charge in [0.2, 0.25) is 0 Å². The van der Waals surface area contributed by atoms with Gasteiger partial charge >= 0.3 is 0 Å². The van der Waals surface area contributed by atoms with E-state index in [1.54, 1.807) is 0 Å². The standard InChI is InChI=1S/C4H10N3O2S/c5-10(8,9)7-3-1-6-2-4-7/h5-6H,1-4H2. The third-order valence-electron chi connectivity index (χ3n) is 1.42. The van der Waals surface area contributed by atoms with Crippen molar-refractivity contribution in [3.8, 4) is 0 Å². The Balaban J connectivity index is 2.56. The first-order chi connectivity index (χ1) is 4.61. The van der Waals surface area contributed by atoms with Gasteiger partial charge in [-0.05, 0) is 0 Å². The summed E-state index contributed by atoms with van der Waals surface area (Å²) in [4.78, 5) is 0. The lowest BCUT2D eigenvalue weighted by molar-refractivity contribution is 0.360. The number of hydrogen-bond donors (Lipinski definition) is 1. The molecule has 59 valence electrons. The van der Waals surface area contributed by atoms with Gasteiger partial charge in [-0.15, -0.1) is 5.14 Å². The molecule has 6 heteroatoms. The second kappa shape index (κ2) is 2.83. The molecule has 0 aromatic rings. The van der Waals surface area contributed by atoms with Crippen LogP contribution in [0.25, 0.3) is 0 Å². The lowest BCUT2D eigenvalue weighted by atomic mass is 10.4. The Morgan fingerprint density at radius 2 is 1.80 bits per heavy atom. The fraction of sp³-hybridized carbons (Fsp3) is 1.00. The van der Waals surface area contributed by atoms with Crippen molar-refractivity contribution < 1.29 is 8.42 Å². The Labute approximate surface area is 60.4 Å². The maximum absolute atomic E-state index is 10.6. The second-order valence-electron chi connectivity index (χ2n) is 2.15. The van der Waals surface area contributed by atoms with E-state index in [0.29, 0.717) is 26.2 Å². The maximum atomic E-state index is 10.6. The first kappa shape index (κ1) is 7.93. The number of rotatable bonds is 1. The van der Waals surface area contributed by atoms with Crippen LogP contribution in [0.4, 0.5) is 0 Å². The average Bonchev–Trinajstić information content (AvgIpc) is 1.88. The average molecular weight is 164 g/mol. The third kappa shape index (κ3) is 1.91. The molecule has 1 heterocycles. The summed E-state index contributed by atoms with van der Waals surface area (Å²) in [5.41, 5.74) is 0. The maximum Gasteiger partial charge on any atom is 0.293 e. The molecule has 0 aliphatic carbocycles. The molecular formula is C4H10N3O2S. The normalized spacial score (nSPS) is 22.9. The van der Waals surface area contributed by atoms with Crippen molar-refractivity contribution in [2.45, 2.75) is 0 Å². The number of nitrogens with zero attached hydrogens (tertiary/aromatic N) is 1. The zero-order chi connectivity index (χ0) is 7.61. The van der Waals surface area contributed by atoms with Crippen LogP contribution in [-0.4, -0.2) is 38.9 Å². The van der Waals surface area contributed by atoms with E-state index >= 15 is 0 Å². The van der Waals surface area contributed by atoms with Crippen LogP contribution >= 0.6 is 0 Å². The summed E-state index contributed by atoms with van der Waals surface area (Å²) in [5, 5.41) is 9.69. The fourth-order valence-electron chi connectivity index (χ4n) is 0.885. The molecular weight excluding hydrogens is 154 g/mol. The van der Waals surface area contributed by atoms with Gasteiger partial charge in [0.05, 0.1) is 0 Å². The van der Waals surface area contributed by atoms with Gasteiger partial charge < -0.3 is 5.32 Å². The van der Waals surface area contributed by atoms with Gasteiger partial charge in [-0.25, -0.2) is 0 Å². The molecule has 1 saturated heterocycles. The van der Waals surface area contributed by atoms with Gasteiger partial charge in [0.25, 0.3) is 10.2 Å². The summed E-state index contributed by atoms with van der Waals surface area (Å²) in [6.45, 7) is 2.15. The Kier molecular flexibility index (Phi) is 2.24. The zero-order valence-electron chi connectivity index (χ0n) is 5.50. The molecule has 1 rings (SSSR count). The van der Waals surface area contributed by atoms with Gasteiger partial charge in [-0.1, -0.05) is 0 Å². The summed E-state index contributed by atoms with van der Waals surface area (Å²) < 4.78 is 22.3. The molecule has 0 saturated carbocycles. The summed E-state index contributed by atoms with van der Waals surface area (Å²) in [7, 11) is -3.68. The van der Waals surface area contributed by atoms with Gasteiger partial charge in [0.1, 0.15) is 0 Å². The van der Waals surface area contributed by atoms with E-state index in [2.05, 4.69) is 5.32 Å². The Hall–Kier alpha value is -0.170. The van der Waals surface area contributed by atoms with E-state index in [9.17, 15) is 8.42 Å². The van der Waals surface area contributed by atoms with E-state index in [4.69, 9.17) is 5.14 Å². The van der Waals surface area contributed by atoms with Gasteiger partial charge in [0.15, 0.2) is 0 Å². The summed E-state index contributed by atoms with van der Waals surface area (Å²) >= 11 is 0. The van der Waals surface area contributed by atoms with E-state index in [-0.39, 0.29) is 0 Å². The second-order valence-corrected chi connectivity index (χ2v) is 3.62. The molecule has 0 amide bonds. The highest BCUT2D eigenvalue weighted by Gasteiger charge is 2.19. The molecule has 1 fully saturated rings. The topological polar surface area (TPSA) is 73.2 Å². The number of hydrogen-bond acceptors (Lipinski definition) is 3. The van der Waals surface area contributed by atoms with Crippen molar-refractivity contribution in [3.63, 3.8) is 0 Å². The van der Waals surface area contributed by atoms with E-state index in [1.165, 1.54) is 0 Å². The van der Waals surface area contributed by atoms with Crippen molar-refractivity contribution in [2.24, 2.45) is 0 Å². The van der Waals surface area contributed by atoms with Crippen LogP contribution in [0.15, 0.2) is 0 Å². The van der Waals surface area contributed by atoms with E-state index in [1.807, 2.05) is 0 Å². The largest absolute Gasteiger partial charge is 0.314 e. The minimum atomic E-state index is -3.68.